The van der Waals surface area contributed by atoms with E-state index in [0.717, 1.165) is 18.1 Å². The van der Waals surface area contributed by atoms with Gasteiger partial charge in [0.25, 0.3) is 0 Å². The molecule has 0 radical (unpaired) electrons. The van der Waals surface area contributed by atoms with Gasteiger partial charge in [0.2, 0.25) is 5.91 Å². The SMILES string of the molecule is CCNC(=NCc1cccc(C(N)=O)c1)NC(C)(C)C.I. The fourth-order valence-electron chi connectivity index (χ4n) is 1.66. The Labute approximate surface area is 143 Å². The van der Waals surface area contributed by atoms with E-state index in [9.17, 15) is 4.79 Å². The molecule has 1 amide bonds. The fourth-order valence-corrected chi connectivity index (χ4v) is 1.66. The summed E-state index contributed by atoms with van der Waals surface area (Å²) in [7, 11) is 0. The maximum Gasteiger partial charge on any atom is 0.248 e. The van der Waals surface area contributed by atoms with Crippen molar-refractivity contribution in [2.24, 2.45) is 10.7 Å². The quantitative estimate of drug-likeness (QED) is 0.409. The Hall–Kier alpha value is -1.31. The molecule has 0 fully saturated rings. The molecule has 4 N–H and O–H groups in total. The van der Waals surface area contributed by atoms with Crippen molar-refractivity contribution in [1.82, 2.24) is 10.6 Å². The molecule has 0 spiro atoms. The number of halogens is 1. The number of nitrogens with two attached hydrogens (primary N) is 1. The van der Waals surface area contributed by atoms with Gasteiger partial charge in [-0.25, -0.2) is 4.99 Å². The molecule has 0 heterocycles. The predicted octanol–water partition coefficient (Wildman–Crippen LogP) is 2.26. The van der Waals surface area contributed by atoms with Gasteiger partial charge in [0.05, 0.1) is 6.54 Å². The van der Waals surface area contributed by atoms with E-state index in [-0.39, 0.29) is 29.5 Å². The summed E-state index contributed by atoms with van der Waals surface area (Å²) in [5.74, 6) is 0.333. The number of carbonyl (C=O) groups excluding carboxylic acids is 1. The van der Waals surface area contributed by atoms with Gasteiger partial charge < -0.3 is 16.4 Å². The molecule has 0 bridgehead atoms. The van der Waals surface area contributed by atoms with Gasteiger partial charge in [0.15, 0.2) is 5.96 Å². The zero-order chi connectivity index (χ0) is 15.2. The Morgan fingerprint density at radius 2 is 2.00 bits per heavy atom. The van der Waals surface area contributed by atoms with E-state index in [2.05, 4.69) is 36.4 Å². The highest BCUT2D eigenvalue weighted by Crippen LogP contribution is 2.06. The molecule has 1 aromatic rings. The third-order valence-corrected chi connectivity index (χ3v) is 2.47. The molecule has 1 rings (SSSR count). The number of aliphatic imine (C=N–C) groups is 1. The monoisotopic (exact) mass is 404 g/mol. The molecule has 1 aromatic carbocycles. The standard InChI is InChI=1S/C15H24N4O.HI/c1-5-17-14(19-15(2,3)4)18-10-11-7-6-8-12(9-11)13(16)20;/h6-9H,5,10H2,1-4H3,(H2,16,20)(H2,17,18,19);1H. The first kappa shape index (κ1) is 19.7. The lowest BCUT2D eigenvalue weighted by atomic mass is 10.1. The average Bonchev–Trinajstić information content (AvgIpc) is 2.35. The van der Waals surface area contributed by atoms with Crippen molar-refractivity contribution in [3.63, 3.8) is 0 Å². The Kier molecular flexibility index (Phi) is 8.31. The first-order chi connectivity index (χ1) is 9.31. The predicted molar refractivity (Wildman–Crippen MR) is 98.1 cm³/mol. The lowest BCUT2D eigenvalue weighted by Crippen LogP contribution is -2.47. The molecule has 0 aromatic heterocycles. The first-order valence-electron chi connectivity index (χ1n) is 6.77. The van der Waals surface area contributed by atoms with E-state index in [1.54, 1.807) is 12.1 Å². The smallest absolute Gasteiger partial charge is 0.248 e. The van der Waals surface area contributed by atoms with Crippen LogP contribution < -0.4 is 16.4 Å². The number of primary amides is 1. The van der Waals surface area contributed by atoms with Gasteiger partial charge in [-0.15, -0.1) is 24.0 Å². The van der Waals surface area contributed by atoms with Crippen molar-refractivity contribution in [2.45, 2.75) is 39.8 Å². The highest BCUT2D eigenvalue weighted by Gasteiger charge is 2.11. The summed E-state index contributed by atoms with van der Waals surface area (Å²) in [6.45, 7) is 9.54. The third-order valence-electron chi connectivity index (χ3n) is 2.47. The number of hydrogen-bond donors (Lipinski definition) is 3. The summed E-state index contributed by atoms with van der Waals surface area (Å²) in [6.07, 6.45) is 0. The zero-order valence-corrected chi connectivity index (χ0v) is 15.4. The van der Waals surface area contributed by atoms with Gasteiger partial charge in [0.1, 0.15) is 0 Å². The molecular weight excluding hydrogens is 379 g/mol. The number of benzene rings is 1. The molecule has 0 atom stereocenters. The van der Waals surface area contributed by atoms with E-state index < -0.39 is 5.91 Å². The lowest BCUT2D eigenvalue weighted by molar-refractivity contribution is 0.1000. The van der Waals surface area contributed by atoms with Crippen molar-refractivity contribution in [1.29, 1.82) is 0 Å². The summed E-state index contributed by atoms with van der Waals surface area (Å²) >= 11 is 0. The molecule has 21 heavy (non-hydrogen) atoms. The van der Waals surface area contributed by atoms with Gasteiger partial charge >= 0.3 is 0 Å². The number of rotatable bonds is 4. The number of hydrogen-bond acceptors (Lipinski definition) is 2. The Morgan fingerprint density at radius 1 is 1.33 bits per heavy atom. The molecule has 0 saturated heterocycles. The van der Waals surface area contributed by atoms with Crippen molar-refractivity contribution >= 4 is 35.8 Å². The molecule has 0 saturated carbocycles. The van der Waals surface area contributed by atoms with Crippen LogP contribution in [-0.4, -0.2) is 24.0 Å². The second-order valence-electron chi connectivity index (χ2n) is 5.63. The highest BCUT2D eigenvalue weighted by molar-refractivity contribution is 14.0. The topological polar surface area (TPSA) is 79.5 Å². The highest BCUT2D eigenvalue weighted by atomic mass is 127. The van der Waals surface area contributed by atoms with Crippen LogP contribution in [0.4, 0.5) is 0 Å². The van der Waals surface area contributed by atoms with Crippen molar-refractivity contribution in [3.8, 4) is 0 Å². The van der Waals surface area contributed by atoms with E-state index in [1.807, 2.05) is 19.1 Å². The van der Waals surface area contributed by atoms with Gasteiger partial charge in [-0.2, -0.15) is 0 Å². The molecule has 0 aliphatic carbocycles. The number of carbonyl (C=O) groups is 1. The minimum absolute atomic E-state index is 0. The maximum atomic E-state index is 11.1. The molecule has 6 heteroatoms. The normalized spacial score (nSPS) is 11.5. The van der Waals surface area contributed by atoms with Crippen LogP contribution in [0.25, 0.3) is 0 Å². The number of guanidine groups is 1. The summed E-state index contributed by atoms with van der Waals surface area (Å²) in [5.41, 5.74) is 6.67. The van der Waals surface area contributed by atoms with E-state index in [1.165, 1.54) is 0 Å². The van der Waals surface area contributed by atoms with Gasteiger partial charge in [-0.3, -0.25) is 4.79 Å². The van der Waals surface area contributed by atoms with E-state index in [0.29, 0.717) is 12.1 Å². The third kappa shape index (κ3) is 7.89. The van der Waals surface area contributed by atoms with E-state index in [4.69, 9.17) is 5.73 Å². The molecule has 0 aliphatic heterocycles. The minimum atomic E-state index is -0.421. The zero-order valence-electron chi connectivity index (χ0n) is 13.1. The summed E-state index contributed by atoms with van der Waals surface area (Å²) in [4.78, 5) is 15.7. The fraction of sp³-hybridized carbons (Fsp3) is 0.467. The van der Waals surface area contributed by atoms with Crippen LogP contribution in [0.3, 0.4) is 0 Å². The van der Waals surface area contributed by atoms with Crippen LogP contribution in [0.2, 0.25) is 0 Å². The van der Waals surface area contributed by atoms with Crippen LogP contribution in [0.1, 0.15) is 43.6 Å². The van der Waals surface area contributed by atoms with Crippen LogP contribution in [0.15, 0.2) is 29.3 Å². The molecule has 118 valence electrons. The van der Waals surface area contributed by atoms with Crippen LogP contribution in [0.5, 0.6) is 0 Å². The second kappa shape index (κ2) is 8.86. The van der Waals surface area contributed by atoms with Crippen LogP contribution >= 0.6 is 24.0 Å². The molecule has 5 nitrogen and oxygen atoms in total. The summed E-state index contributed by atoms with van der Waals surface area (Å²) < 4.78 is 0. The average molecular weight is 404 g/mol. The summed E-state index contributed by atoms with van der Waals surface area (Å²) in [5, 5.41) is 6.51. The number of amides is 1. The van der Waals surface area contributed by atoms with Crippen LogP contribution in [0, 0.1) is 0 Å². The summed E-state index contributed by atoms with van der Waals surface area (Å²) in [6, 6.07) is 7.21. The van der Waals surface area contributed by atoms with Gasteiger partial charge in [0, 0.05) is 17.6 Å². The van der Waals surface area contributed by atoms with Gasteiger partial charge in [-0.1, -0.05) is 12.1 Å². The van der Waals surface area contributed by atoms with Crippen LogP contribution in [-0.2, 0) is 6.54 Å². The Bertz CT molecular complexity index is 495. The van der Waals surface area contributed by atoms with Crippen molar-refractivity contribution in [3.05, 3.63) is 35.4 Å². The minimum Gasteiger partial charge on any atom is -0.366 e. The van der Waals surface area contributed by atoms with Gasteiger partial charge in [-0.05, 0) is 45.4 Å². The molecule has 0 unspecified atom stereocenters. The van der Waals surface area contributed by atoms with Crippen molar-refractivity contribution < 1.29 is 4.79 Å². The molecule has 0 aliphatic rings. The first-order valence-corrected chi connectivity index (χ1v) is 6.77. The number of nitrogens with zero attached hydrogens (tertiary/aromatic N) is 1. The van der Waals surface area contributed by atoms with Crippen molar-refractivity contribution in [2.75, 3.05) is 6.54 Å². The molecular formula is C15H25IN4O. The van der Waals surface area contributed by atoms with E-state index >= 15 is 0 Å². The Balaban J connectivity index is 0.00000400. The Morgan fingerprint density at radius 3 is 2.52 bits per heavy atom. The second-order valence-corrected chi connectivity index (χ2v) is 5.63. The number of nitrogens with one attached hydrogen (secondary N) is 2. The lowest BCUT2D eigenvalue weighted by Gasteiger charge is -2.23. The maximum absolute atomic E-state index is 11.1. The largest absolute Gasteiger partial charge is 0.366 e.